The molecule has 6 aromatic carbocycles. The van der Waals surface area contributed by atoms with Gasteiger partial charge >= 0.3 is 0 Å². The van der Waals surface area contributed by atoms with Crippen molar-refractivity contribution in [1.82, 2.24) is 4.57 Å². The summed E-state index contributed by atoms with van der Waals surface area (Å²) in [4.78, 5) is 0. The van der Waals surface area contributed by atoms with E-state index in [0.29, 0.717) is 0 Å². The van der Waals surface area contributed by atoms with Gasteiger partial charge in [-0.25, -0.2) is 0 Å². The highest BCUT2D eigenvalue weighted by Crippen LogP contribution is 2.42. The van der Waals surface area contributed by atoms with E-state index in [1.807, 2.05) is 0 Å². The van der Waals surface area contributed by atoms with Gasteiger partial charge < -0.3 is 21.5 Å². The van der Waals surface area contributed by atoms with E-state index in [1.165, 1.54) is 77.4 Å². The number of benzene rings is 6. The molecule has 3 heteroatoms. The van der Waals surface area contributed by atoms with Gasteiger partial charge in [-0.1, -0.05) is 121 Å². The molecule has 2 heterocycles. The summed E-state index contributed by atoms with van der Waals surface area (Å²) in [5, 5.41) is 6.32. The molecule has 0 spiro atoms. The smallest absolute Gasteiger partial charge is 0.221 e. The third-order valence-corrected chi connectivity index (χ3v) is 8.85. The molecule has 8 rings (SSSR count). The minimum absolute atomic E-state index is 0. The van der Waals surface area contributed by atoms with Crippen molar-refractivity contribution < 1.29 is 21.6 Å². The Balaban J connectivity index is 0.00000312. The summed E-state index contributed by atoms with van der Waals surface area (Å²) < 4.78 is 4.73. The van der Waals surface area contributed by atoms with Crippen molar-refractivity contribution >= 4 is 55.5 Å². The van der Waals surface area contributed by atoms with Crippen LogP contribution in [0.2, 0.25) is 0 Å². The SMILES string of the molecule is Cn1c(-c2ccccc2)c(C=CC=C2C(c3ccccc3)=[N+](C)c3c2ccc2ccccc32)c2ccc3ccccc3c21.[Br-]. The predicted molar refractivity (Wildman–Crippen MR) is 183 cm³/mol. The van der Waals surface area contributed by atoms with Gasteiger partial charge in [0.05, 0.1) is 27.7 Å². The zero-order valence-corrected chi connectivity index (χ0v) is 26.3. The van der Waals surface area contributed by atoms with Gasteiger partial charge in [0, 0.05) is 28.9 Å². The monoisotopic (exact) mass is 630 g/mol. The number of nitrogens with zero attached hydrogens (tertiary/aromatic N) is 2. The number of aromatic nitrogens is 1. The number of fused-ring (bicyclic) bond motifs is 6. The van der Waals surface area contributed by atoms with Gasteiger partial charge in [0.1, 0.15) is 7.05 Å². The lowest BCUT2D eigenvalue weighted by atomic mass is 9.95. The maximum atomic E-state index is 2.37. The van der Waals surface area contributed by atoms with E-state index in [-0.39, 0.29) is 17.0 Å². The highest BCUT2D eigenvalue weighted by Gasteiger charge is 2.34. The molecule has 44 heavy (non-hydrogen) atoms. The Hall–Kier alpha value is -4.99. The number of hydrogen-bond acceptors (Lipinski definition) is 0. The lowest BCUT2D eigenvalue weighted by Crippen LogP contribution is -3.00. The van der Waals surface area contributed by atoms with Gasteiger partial charge in [-0.3, -0.25) is 0 Å². The fraction of sp³-hybridized carbons (Fsp3) is 0.0488. The summed E-state index contributed by atoms with van der Waals surface area (Å²) in [6.07, 6.45) is 6.84. The topological polar surface area (TPSA) is 7.94 Å². The zero-order chi connectivity index (χ0) is 28.9. The molecule has 0 amide bonds. The molecule has 0 saturated heterocycles. The van der Waals surface area contributed by atoms with Gasteiger partial charge in [-0.2, -0.15) is 4.58 Å². The van der Waals surface area contributed by atoms with Gasteiger partial charge in [0.25, 0.3) is 0 Å². The van der Waals surface area contributed by atoms with Crippen molar-refractivity contribution in [2.24, 2.45) is 7.05 Å². The fourth-order valence-corrected chi connectivity index (χ4v) is 6.98. The molecule has 7 aromatic rings. The van der Waals surface area contributed by atoms with Crippen LogP contribution in [0, 0.1) is 0 Å². The van der Waals surface area contributed by atoms with Crippen LogP contribution in [0.15, 0.2) is 146 Å². The first-order valence-electron chi connectivity index (χ1n) is 14.8. The number of aryl methyl sites for hydroxylation is 1. The van der Waals surface area contributed by atoms with Crippen LogP contribution < -0.4 is 17.0 Å². The van der Waals surface area contributed by atoms with Gasteiger partial charge in [0.2, 0.25) is 11.4 Å². The second-order valence-electron chi connectivity index (χ2n) is 11.3. The highest BCUT2D eigenvalue weighted by molar-refractivity contribution is 6.33. The summed E-state index contributed by atoms with van der Waals surface area (Å²) in [6, 6.07) is 47.9. The van der Waals surface area contributed by atoms with Crippen molar-refractivity contribution in [2.45, 2.75) is 0 Å². The Labute approximate surface area is 268 Å². The standard InChI is InChI=1S/C41H31N2.BrH/c1-42-38(30-16-5-3-6-17-30)34(36-26-24-28-14-9-11-20-32(28)40(36)42)22-13-23-35-37-27-25-29-15-10-12-21-33(29)41(37)43(2)39(35)31-18-7-4-8-19-31;/h3-27H,1-2H3;1H/q+1;/p-1. The normalized spacial score (nSPS) is 13.8. The van der Waals surface area contributed by atoms with Crippen LogP contribution in [0.3, 0.4) is 0 Å². The molecular formula is C41H31BrN2. The molecule has 1 aromatic heterocycles. The summed E-state index contributed by atoms with van der Waals surface area (Å²) in [5.74, 6) is 0. The second-order valence-corrected chi connectivity index (χ2v) is 11.3. The predicted octanol–water partition coefficient (Wildman–Crippen LogP) is 7.03. The first-order valence-corrected chi connectivity index (χ1v) is 14.8. The molecule has 0 bridgehead atoms. The molecule has 0 atom stereocenters. The highest BCUT2D eigenvalue weighted by atomic mass is 79.9. The summed E-state index contributed by atoms with van der Waals surface area (Å²) in [7, 11) is 4.39. The minimum atomic E-state index is 0. The molecule has 212 valence electrons. The first-order chi connectivity index (χ1) is 21.2. The van der Waals surface area contributed by atoms with Gasteiger partial charge in [0.15, 0.2) is 0 Å². The Morgan fingerprint density at radius 3 is 1.91 bits per heavy atom. The zero-order valence-electron chi connectivity index (χ0n) is 24.7. The van der Waals surface area contributed by atoms with Gasteiger partial charge in [-0.15, -0.1) is 0 Å². The van der Waals surface area contributed by atoms with Crippen molar-refractivity contribution in [2.75, 3.05) is 7.05 Å². The lowest BCUT2D eigenvalue weighted by Gasteiger charge is -2.07. The average molecular weight is 632 g/mol. The molecule has 0 N–H and O–H groups in total. The van der Waals surface area contributed by atoms with Crippen molar-refractivity contribution in [3.63, 3.8) is 0 Å². The molecule has 0 unspecified atom stereocenters. The molecule has 2 nitrogen and oxygen atoms in total. The number of halogens is 1. The molecule has 0 saturated carbocycles. The lowest BCUT2D eigenvalue weighted by molar-refractivity contribution is -0.398. The minimum Gasteiger partial charge on any atom is -1.00 e. The first kappa shape index (κ1) is 27.8. The Kier molecular flexibility index (Phi) is 7.12. The molecule has 1 aliphatic rings. The van der Waals surface area contributed by atoms with Crippen molar-refractivity contribution in [3.8, 4) is 11.3 Å². The van der Waals surface area contributed by atoms with Crippen LogP contribution >= 0.6 is 0 Å². The third-order valence-electron chi connectivity index (χ3n) is 8.85. The van der Waals surface area contributed by atoms with Crippen LogP contribution in [0.5, 0.6) is 0 Å². The third kappa shape index (κ3) is 4.35. The van der Waals surface area contributed by atoms with E-state index in [0.717, 1.165) is 0 Å². The molecule has 0 fully saturated rings. The van der Waals surface area contributed by atoms with E-state index in [9.17, 15) is 0 Å². The van der Waals surface area contributed by atoms with Crippen molar-refractivity contribution in [3.05, 3.63) is 162 Å². The maximum absolute atomic E-state index is 2.37. The second kappa shape index (κ2) is 11.3. The summed E-state index contributed by atoms with van der Waals surface area (Å²) in [6.45, 7) is 0. The van der Waals surface area contributed by atoms with E-state index < -0.39 is 0 Å². The molecule has 0 radical (unpaired) electrons. The fourth-order valence-electron chi connectivity index (χ4n) is 6.98. The maximum Gasteiger partial charge on any atom is 0.221 e. The van der Waals surface area contributed by atoms with Crippen LogP contribution in [0.4, 0.5) is 5.69 Å². The van der Waals surface area contributed by atoms with Crippen LogP contribution in [0.1, 0.15) is 16.7 Å². The quantitative estimate of drug-likeness (QED) is 0.185. The molecule has 1 aliphatic heterocycles. The van der Waals surface area contributed by atoms with Crippen LogP contribution in [-0.4, -0.2) is 21.9 Å². The van der Waals surface area contributed by atoms with E-state index >= 15 is 0 Å². The number of allylic oxidation sites excluding steroid dienone is 3. The van der Waals surface area contributed by atoms with E-state index in [2.05, 4.69) is 175 Å². The molecule has 0 aliphatic carbocycles. The van der Waals surface area contributed by atoms with Crippen molar-refractivity contribution in [1.29, 1.82) is 0 Å². The van der Waals surface area contributed by atoms with E-state index in [1.54, 1.807) is 0 Å². The van der Waals surface area contributed by atoms with Crippen LogP contribution in [0.25, 0.3) is 55.4 Å². The van der Waals surface area contributed by atoms with E-state index in [4.69, 9.17) is 0 Å². The Morgan fingerprint density at radius 2 is 1.18 bits per heavy atom. The Bertz CT molecular complexity index is 2290. The summed E-state index contributed by atoms with van der Waals surface area (Å²) in [5.41, 5.74) is 11.1. The molecular weight excluding hydrogens is 600 g/mol. The largest absolute Gasteiger partial charge is 1.00 e. The number of hydrogen-bond donors (Lipinski definition) is 0. The van der Waals surface area contributed by atoms with Gasteiger partial charge in [-0.05, 0) is 46.7 Å². The average Bonchev–Trinajstić information content (AvgIpc) is 3.52. The Morgan fingerprint density at radius 1 is 0.591 bits per heavy atom. The number of rotatable bonds is 4. The van der Waals surface area contributed by atoms with Crippen LogP contribution in [-0.2, 0) is 7.05 Å². The summed E-state index contributed by atoms with van der Waals surface area (Å²) >= 11 is 0.